The molecule has 5 nitrogen and oxygen atoms in total. The van der Waals surface area contributed by atoms with E-state index in [1.807, 2.05) is 30.5 Å². The first-order valence-corrected chi connectivity index (χ1v) is 9.31. The molecule has 0 bridgehead atoms. The van der Waals surface area contributed by atoms with Crippen molar-refractivity contribution in [2.45, 2.75) is 6.54 Å². The van der Waals surface area contributed by atoms with E-state index in [-0.39, 0.29) is 0 Å². The maximum atomic E-state index is 4.62. The van der Waals surface area contributed by atoms with Gasteiger partial charge in [0.2, 0.25) is 0 Å². The summed E-state index contributed by atoms with van der Waals surface area (Å²) in [5.74, 6) is 0.853. The van der Waals surface area contributed by atoms with Crippen LogP contribution in [0.2, 0.25) is 0 Å². The lowest BCUT2D eigenvalue weighted by Gasteiger charge is -2.34. The summed E-state index contributed by atoms with van der Waals surface area (Å²) in [6, 6.07) is 18.7. The number of anilines is 1. The normalized spacial score (nSPS) is 16.0. The second-order valence-corrected chi connectivity index (χ2v) is 6.77. The zero-order valence-electron chi connectivity index (χ0n) is 15.0. The second kappa shape index (κ2) is 8.25. The molecule has 1 saturated heterocycles. The molecule has 2 aromatic carbocycles. The van der Waals surface area contributed by atoms with Crippen molar-refractivity contribution < 1.29 is 0 Å². The van der Waals surface area contributed by atoms with E-state index in [1.54, 1.807) is 0 Å². The highest BCUT2D eigenvalue weighted by Crippen LogP contribution is 2.11. The minimum absolute atomic E-state index is 0.853. The lowest BCUT2D eigenvalue weighted by Crippen LogP contribution is -2.47. The van der Waals surface area contributed by atoms with Crippen molar-refractivity contribution in [3.8, 4) is 0 Å². The van der Waals surface area contributed by atoms with Crippen LogP contribution in [-0.2, 0) is 6.54 Å². The molecule has 0 spiro atoms. The predicted molar refractivity (Wildman–Crippen MR) is 106 cm³/mol. The van der Waals surface area contributed by atoms with Gasteiger partial charge in [-0.3, -0.25) is 14.8 Å². The van der Waals surface area contributed by atoms with Crippen LogP contribution in [0, 0.1) is 0 Å². The van der Waals surface area contributed by atoms with Crippen LogP contribution in [0.3, 0.4) is 0 Å². The monoisotopic (exact) mass is 347 g/mol. The van der Waals surface area contributed by atoms with Crippen molar-refractivity contribution in [3.63, 3.8) is 0 Å². The summed E-state index contributed by atoms with van der Waals surface area (Å²) in [7, 11) is 0. The van der Waals surface area contributed by atoms with Crippen molar-refractivity contribution in [1.82, 2.24) is 19.8 Å². The van der Waals surface area contributed by atoms with Crippen molar-refractivity contribution >= 4 is 16.9 Å². The van der Waals surface area contributed by atoms with Crippen LogP contribution < -0.4 is 5.32 Å². The minimum Gasteiger partial charge on any atom is -0.367 e. The standard InChI is InChI=1S/C21H25N5/c1-2-6-18(7-3-1)17-26-14-12-25(13-15-26)11-10-22-21-16-23-19-8-4-5-9-20(19)24-21/h1-9,16H,10-15,17H2,(H,22,24). The Labute approximate surface area is 154 Å². The molecule has 1 N–H and O–H groups in total. The van der Waals surface area contributed by atoms with E-state index in [1.165, 1.54) is 5.56 Å². The Kier molecular flexibility index (Phi) is 5.38. The summed E-state index contributed by atoms with van der Waals surface area (Å²) in [6.45, 7) is 7.49. The molecule has 0 radical (unpaired) electrons. The number of nitrogens with zero attached hydrogens (tertiary/aromatic N) is 4. The summed E-state index contributed by atoms with van der Waals surface area (Å²) >= 11 is 0. The first-order chi connectivity index (χ1) is 12.9. The highest BCUT2D eigenvalue weighted by atomic mass is 15.3. The molecule has 0 aliphatic carbocycles. The summed E-state index contributed by atoms with van der Waals surface area (Å²) in [5.41, 5.74) is 3.28. The van der Waals surface area contributed by atoms with Crippen molar-refractivity contribution in [2.75, 3.05) is 44.6 Å². The lowest BCUT2D eigenvalue weighted by atomic mass is 10.2. The van der Waals surface area contributed by atoms with E-state index in [2.05, 4.69) is 55.4 Å². The van der Waals surface area contributed by atoms with Crippen LogP contribution in [0.5, 0.6) is 0 Å². The molecular formula is C21H25N5. The van der Waals surface area contributed by atoms with Gasteiger partial charge in [0.15, 0.2) is 0 Å². The Hall–Kier alpha value is -2.50. The van der Waals surface area contributed by atoms with Crippen molar-refractivity contribution in [2.24, 2.45) is 0 Å². The zero-order valence-corrected chi connectivity index (χ0v) is 15.0. The van der Waals surface area contributed by atoms with Crippen LogP contribution in [0.25, 0.3) is 11.0 Å². The molecule has 1 aliphatic rings. The molecule has 0 atom stereocenters. The second-order valence-electron chi connectivity index (χ2n) is 6.77. The van der Waals surface area contributed by atoms with Crippen molar-refractivity contribution in [3.05, 3.63) is 66.4 Å². The number of para-hydroxylation sites is 2. The number of hydrogen-bond acceptors (Lipinski definition) is 5. The average molecular weight is 347 g/mol. The fourth-order valence-electron chi connectivity index (χ4n) is 3.40. The molecular weight excluding hydrogens is 322 g/mol. The molecule has 5 heteroatoms. The topological polar surface area (TPSA) is 44.3 Å². The Morgan fingerprint density at radius 2 is 1.50 bits per heavy atom. The van der Waals surface area contributed by atoms with Gasteiger partial charge in [-0.15, -0.1) is 0 Å². The summed E-state index contributed by atoms with van der Waals surface area (Å²) in [5, 5.41) is 3.41. The quantitative estimate of drug-likeness (QED) is 0.743. The molecule has 0 unspecified atom stereocenters. The minimum atomic E-state index is 0.853. The number of benzene rings is 2. The van der Waals surface area contributed by atoms with Gasteiger partial charge in [-0.25, -0.2) is 4.98 Å². The molecule has 3 aromatic rings. The molecule has 0 saturated carbocycles. The number of hydrogen-bond donors (Lipinski definition) is 1. The van der Waals surface area contributed by atoms with E-state index < -0.39 is 0 Å². The molecule has 4 rings (SSSR count). The number of rotatable bonds is 6. The third kappa shape index (κ3) is 4.36. The van der Waals surface area contributed by atoms with Gasteiger partial charge in [-0.2, -0.15) is 0 Å². The maximum Gasteiger partial charge on any atom is 0.145 e. The van der Waals surface area contributed by atoms with E-state index in [4.69, 9.17) is 0 Å². The van der Waals surface area contributed by atoms with Gasteiger partial charge in [0.25, 0.3) is 0 Å². The third-order valence-electron chi connectivity index (χ3n) is 4.90. The number of aromatic nitrogens is 2. The van der Waals surface area contributed by atoms with Gasteiger partial charge >= 0.3 is 0 Å². The van der Waals surface area contributed by atoms with Gasteiger partial charge in [0.05, 0.1) is 17.2 Å². The first kappa shape index (κ1) is 16.9. The molecule has 1 aliphatic heterocycles. The largest absolute Gasteiger partial charge is 0.367 e. The first-order valence-electron chi connectivity index (χ1n) is 9.31. The van der Waals surface area contributed by atoms with Crippen LogP contribution in [0.15, 0.2) is 60.8 Å². The number of fused-ring (bicyclic) bond motifs is 1. The summed E-state index contributed by atoms with van der Waals surface area (Å²) < 4.78 is 0. The molecule has 0 amide bonds. The molecule has 1 fully saturated rings. The Morgan fingerprint density at radius 3 is 2.31 bits per heavy atom. The predicted octanol–water partition coefficient (Wildman–Crippen LogP) is 2.86. The van der Waals surface area contributed by atoms with Gasteiger partial charge < -0.3 is 5.32 Å². The lowest BCUT2D eigenvalue weighted by molar-refractivity contribution is 0.130. The number of nitrogens with one attached hydrogen (secondary N) is 1. The van der Waals surface area contributed by atoms with Crippen LogP contribution >= 0.6 is 0 Å². The van der Waals surface area contributed by atoms with E-state index in [0.717, 1.165) is 62.7 Å². The van der Waals surface area contributed by atoms with Crippen molar-refractivity contribution in [1.29, 1.82) is 0 Å². The highest BCUT2D eigenvalue weighted by Gasteiger charge is 2.16. The SMILES string of the molecule is c1ccc(CN2CCN(CCNc3cnc4ccccc4n3)CC2)cc1. The Morgan fingerprint density at radius 1 is 0.808 bits per heavy atom. The molecule has 2 heterocycles. The summed E-state index contributed by atoms with van der Waals surface area (Å²) in [4.78, 5) is 14.1. The Bertz CT molecular complexity index is 828. The van der Waals surface area contributed by atoms with Gasteiger partial charge in [0.1, 0.15) is 5.82 Å². The fraction of sp³-hybridized carbons (Fsp3) is 0.333. The zero-order chi connectivity index (χ0) is 17.6. The molecule has 1 aromatic heterocycles. The van der Waals surface area contributed by atoms with Crippen LogP contribution in [-0.4, -0.2) is 59.0 Å². The smallest absolute Gasteiger partial charge is 0.145 e. The molecule has 26 heavy (non-hydrogen) atoms. The average Bonchev–Trinajstić information content (AvgIpc) is 2.70. The van der Waals surface area contributed by atoms with E-state index in [9.17, 15) is 0 Å². The van der Waals surface area contributed by atoms with Gasteiger partial charge in [-0.1, -0.05) is 42.5 Å². The van der Waals surface area contributed by atoms with E-state index >= 15 is 0 Å². The van der Waals surface area contributed by atoms with Gasteiger partial charge in [0, 0.05) is 45.8 Å². The Balaban J connectivity index is 1.21. The van der Waals surface area contributed by atoms with Crippen LogP contribution in [0.1, 0.15) is 5.56 Å². The van der Waals surface area contributed by atoms with Gasteiger partial charge in [-0.05, 0) is 17.7 Å². The number of piperazine rings is 1. The van der Waals surface area contributed by atoms with E-state index in [0.29, 0.717) is 0 Å². The third-order valence-corrected chi connectivity index (χ3v) is 4.90. The van der Waals surface area contributed by atoms with Crippen LogP contribution in [0.4, 0.5) is 5.82 Å². The maximum absolute atomic E-state index is 4.62. The fourth-order valence-corrected chi connectivity index (χ4v) is 3.40. The highest BCUT2D eigenvalue weighted by molar-refractivity contribution is 5.75. The summed E-state index contributed by atoms with van der Waals surface area (Å²) in [6.07, 6.45) is 1.82. The molecule has 134 valence electrons.